The van der Waals surface area contributed by atoms with Gasteiger partial charge in [0.05, 0.1) is 11.3 Å². The van der Waals surface area contributed by atoms with Crippen LogP contribution in [0.4, 0.5) is 33.3 Å². The number of alkyl halides is 5. The summed E-state index contributed by atoms with van der Waals surface area (Å²) in [7, 11) is 0. The number of anilines is 2. The molecular weight excluding hydrogens is 429 g/mol. The van der Waals surface area contributed by atoms with Crippen molar-refractivity contribution in [3.63, 3.8) is 0 Å². The van der Waals surface area contributed by atoms with Crippen LogP contribution in [-0.2, 0) is 16.5 Å². The van der Waals surface area contributed by atoms with Gasteiger partial charge < -0.3 is 20.6 Å². The monoisotopic (exact) mass is 447 g/mol. The summed E-state index contributed by atoms with van der Waals surface area (Å²) in [4.78, 5) is 12.2. The van der Waals surface area contributed by atoms with E-state index in [0.717, 1.165) is 18.3 Å². The fourth-order valence-corrected chi connectivity index (χ4v) is 3.34. The Balaban J connectivity index is 2.63. The van der Waals surface area contributed by atoms with Crippen LogP contribution in [-0.4, -0.2) is 30.0 Å². The molecule has 30 heavy (non-hydrogen) atoms. The Bertz CT molecular complexity index is 906. The number of hydrogen-bond donors (Lipinski definition) is 4. The van der Waals surface area contributed by atoms with E-state index >= 15 is 0 Å². The van der Waals surface area contributed by atoms with Crippen LogP contribution in [0.15, 0.2) is 42.5 Å². The van der Waals surface area contributed by atoms with Crippen molar-refractivity contribution in [1.29, 1.82) is 5.41 Å². The second-order valence-corrected chi connectivity index (χ2v) is 6.84. The molecule has 0 aliphatic heterocycles. The maximum absolute atomic E-state index is 13.4. The minimum Gasteiger partial charge on any atom is -0.479 e. The summed E-state index contributed by atoms with van der Waals surface area (Å²) in [6.45, 7) is 0. The van der Waals surface area contributed by atoms with Crippen molar-refractivity contribution >= 4 is 35.5 Å². The number of halogens is 5. The van der Waals surface area contributed by atoms with Crippen LogP contribution in [0.2, 0.25) is 0 Å². The van der Waals surface area contributed by atoms with Crippen LogP contribution < -0.4 is 10.0 Å². The molecule has 0 fully saturated rings. The zero-order valence-electron chi connectivity index (χ0n) is 15.6. The summed E-state index contributed by atoms with van der Waals surface area (Å²) in [6.07, 6.45) is -6.31. The Morgan fingerprint density at radius 3 is 2.17 bits per heavy atom. The lowest BCUT2D eigenvalue weighted by Gasteiger charge is -2.33. The minimum absolute atomic E-state index is 0.0620. The second kappa shape index (κ2) is 9.33. The normalized spacial score (nSPS) is 13.6. The van der Waals surface area contributed by atoms with Crippen molar-refractivity contribution in [2.45, 2.75) is 24.6 Å². The van der Waals surface area contributed by atoms with Crippen molar-refractivity contribution in [3.05, 3.63) is 59.2 Å². The van der Waals surface area contributed by atoms with E-state index in [1.54, 1.807) is 12.3 Å². The molecule has 2 aromatic rings. The van der Waals surface area contributed by atoms with E-state index < -0.39 is 36.1 Å². The molecule has 11 heteroatoms. The van der Waals surface area contributed by atoms with Gasteiger partial charge in [0.1, 0.15) is 0 Å². The average molecular weight is 447 g/mol. The first kappa shape index (κ1) is 23.5. The van der Waals surface area contributed by atoms with E-state index in [0.29, 0.717) is 17.8 Å². The van der Waals surface area contributed by atoms with Crippen molar-refractivity contribution in [2.24, 2.45) is 0 Å². The standard InChI is InChI=1S/C19H18F5N3O2S/c1-30-27-15-4-2-3-14(13(15)10-25)26-18(17(28)29,9-16(20)21)11-5-7-12(8-6-11)19(22,23)24/h2-8,10,16,25-27H,9H2,1H3,(H,28,29). The topological polar surface area (TPSA) is 85.2 Å². The predicted molar refractivity (Wildman–Crippen MR) is 106 cm³/mol. The number of carbonyl (C=O) groups is 1. The number of aliphatic carboxylic acids is 1. The van der Waals surface area contributed by atoms with Crippen molar-refractivity contribution in [1.82, 2.24) is 0 Å². The third-order valence-electron chi connectivity index (χ3n) is 4.34. The molecule has 0 saturated heterocycles. The van der Waals surface area contributed by atoms with Crippen LogP contribution in [0.5, 0.6) is 0 Å². The predicted octanol–water partition coefficient (Wildman–Crippen LogP) is 5.44. The van der Waals surface area contributed by atoms with E-state index in [4.69, 9.17) is 5.41 Å². The Hall–Kier alpha value is -2.82. The molecule has 1 atom stereocenters. The van der Waals surface area contributed by atoms with Crippen LogP contribution >= 0.6 is 11.9 Å². The lowest BCUT2D eigenvalue weighted by Crippen LogP contribution is -2.45. The number of rotatable bonds is 9. The molecule has 0 aliphatic carbocycles. The van der Waals surface area contributed by atoms with Gasteiger partial charge in [0.15, 0.2) is 5.54 Å². The SMILES string of the molecule is CSNc1cccc(NC(CC(F)F)(C(=O)O)c2ccc(C(F)(F)F)cc2)c1C=N. The van der Waals surface area contributed by atoms with Gasteiger partial charge in [-0.2, -0.15) is 13.2 Å². The minimum atomic E-state index is -4.66. The first-order valence-electron chi connectivity index (χ1n) is 8.45. The Labute approximate surface area is 173 Å². The molecule has 4 N–H and O–H groups in total. The van der Waals surface area contributed by atoms with Gasteiger partial charge in [0.2, 0.25) is 6.43 Å². The first-order chi connectivity index (χ1) is 14.0. The van der Waals surface area contributed by atoms with Gasteiger partial charge in [0, 0.05) is 30.1 Å². The summed E-state index contributed by atoms with van der Waals surface area (Å²) in [5.74, 6) is -1.69. The number of benzene rings is 2. The summed E-state index contributed by atoms with van der Waals surface area (Å²) in [5.41, 5.74) is -3.03. The fourth-order valence-electron chi connectivity index (χ4n) is 2.94. The Morgan fingerprint density at radius 1 is 1.13 bits per heavy atom. The third-order valence-corrected chi connectivity index (χ3v) is 4.77. The van der Waals surface area contributed by atoms with Crippen LogP contribution in [0, 0.1) is 5.41 Å². The smallest absolute Gasteiger partial charge is 0.416 e. The molecule has 0 aromatic heterocycles. The quantitative estimate of drug-likeness (QED) is 0.234. The largest absolute Gasteiger partial charge is 0.479 e. The summed E-state index contributed by atoms with van der Waals surface area (Å²) >= 11 is 1.20. The fraction of sp³-hybridized carbons (Fsp3) is 0.263. The Kier molecular flexibility index (Phi) is 7.30. The maximum Gasteiger partial charge on any atom is 0.416 e. The van der Waals surface area contributed by atoms with Gasteiger partial charge in [-0.15, -0.1) is 0 Å². The van der Waals surface area contributed by atoms with Crippen LogP contribution in [0.1, 0.15) is 23.1 Å². The molecule has 0 bridgehead atoms. The highest BCUT2D eigenvalue weighted by atomic mass is 32.2. The summed E-state index contributed by atoms with van der Waals surface area (Å²) in [5, 5.41) is 20.0. The zero-order chi connectivity index (χ0) is 22.5. The zero-order valence-corrected chi connectivity index (χ0v) is 16.4. The lowest BCUT2D eigenvalue weighted by molar-refractivity contribution is -0.144. The molecular formula is C19H18F5N3O2S. The highest BCUT2D eigenvalue weighted by molar-refractivity contribution is 7.99. The van der Waals surface area contributed by atoms with E-state index in [1.165, 1.54) is 24.1 Å². The number of carboxylic acids is 1. The van der Waals surface area contributed by atoms with Gasteiger partial charge >= 0.3 is 12.1 Å². The molecule has 0 saturated carbocycles. The molecule has 0 radical (unpaired) electrons. The molecule has 2 rings (SSSR count). The molecule has 0 amide bonds. The van der Waals surface area contributed by atoms with E-state index in [9.17, 15) is 31.9 Å². The molecule has 1 unspecified atom stereocenters. The van der Waals surface area contributed by atoms with Gasteiger partial charge in [-0.1, -0.05) is 30.1 Å². The lowest BCUT2D eigenvalue weighted by atomic mass is 9.85. The molecule has 2 aromatic carbocycles. The number of nitrogens with one attached hydrogen (secondary N) is 3. The second-order valence-electron chi connectivity index (χ2n) is 6.22. The van der Waals surface area contributed by atoms with Gasteiger partial charge in [-0.3, -0.25) is 0 Å². The van der Waals surface area contributed by atoms with E-state index in [-0.39, 0.29) is 16.8 Å². The number of hydrogen-bond acceptors (Lipinski definition) is 5. The summed E-state index contributed by atoms with van der Waals surface area (Å²) in [6, 6.07) is 7.54. The van der Waals surface area contributed by atoms with Gasteiger partial charge in [-0.05, 0) is 29.8 Å². The molecule has 0 spiro atoms. The van der Waals surface area contributed by atoms with Crippen molar-refractivity contribution in [3.8, 4) is 0 Å². The van der Waals surface area contributed by atoms with Crippen molar-refractivity contribution < 1.29 is 31.9 Å². The van der Waals surface area contributed by atoms with Gasteiger partial charge in [-0.25, -0.2) is 13.6 Å². The highest BCUT2D eigenvalue weighted by Gasteiger charge is 2.44. The average Bonchev–Trinajstić information content (AvgIpc) is 2.67. The van der Waals surface area contributed by atoms with Gasteiger partial charge in [0.25, 0.3) is 0 Å². The highest BCUT2D eigenvalue weighted by Crippen LogP contribution is 2.37. The molecule has 0 heterocycles. The summed E-state index contributed by atoms with van der Waals surface area (Å²) < 4.78 is 68.2. The van der Waals surface area contributed by atoms with Crippen molar-refractivity contribution in [2.75, 3.05) is 16.3 Å². The van der Waals surface area contributed by atoms with E-state index in [2.05, 4.69) is 10.0 Å². The van der Waals surface area contributed by atoms with E-state index in [1.807, 2.05) is 0 Å². The maximum atomic E-state index is 13.4. The Morgan fingerprint density at radius 2 is 1.70 bits per heavy atom. The third kappa shape index (κ3) is 5.02. The molecule has 0 aliphatic rings. The van der Waals surface area contributed by atoms with Crippen LogP contribution in [0.3, 0.4) is 0 Å². The van der Waals surface area contributed by atoms with Crippen LogP contribution in [0.25, 0.3) is 0 Å². The first-order valence-corrected chi connectivity index (χ1v) is 9.67. The molecule has 5 nitrogen and oxygen atoms in total. The molecule has 162 valence electrons. The number of carboxylic acid groups (broad SMARTS) is 1.